The van der Waals surface area contributed by atoms with Crippen molar-refractivity contribution in [2.24, 2.45) is 0 Å². The van der Waals surface area contributed by atoms with Gasteiger partial charge in [-0.15, -0.1) is 0 Å². The third kappa shape index (κ3) is 6.57. The van der Waals surface area contributed by atoms with Crippen LogP contribution in [0.4, 0.5) is 5.69 Å². The number of anilines is 1. The molecular formula is C25H29NO6. The number of hydrogen-bond acceptors (Lipinski definition) is 6. The second-order valence-electron chi connectivity index (χ2n) is 8.01. The van der Waals surface area contributed by atoms with Crippen LogP contribution in [0.25, 0.3) is 0 Å². The first-order valence-electron chi connectivity index (χ1n) is 10.8. The zero-order valence-corrected chi connectivity index (χ0v) is 18.7. The molecule has 0 bridgehead atoms. The van der Waals surface area contributed by atoms with Gasteiger partial charge in [0, 0.05) is 19.5 Å². The first-order chi connectivity index (χ1) is 15.3. The minimum Gasteiger partial charge on any atom is -0.493 e. The number of carbonyl (C=O) groups excluding carboxylic acids is 3. The lowest BCUT2D eigenvalue weighted by Crippen LogP contribution is -2.22. The Balaban J connectivity index is 1.59. The van der Waals surface area contributed by atoms with Crippen LogP contribution in [0.5, 0.6) is 11.5 Å². The van der Waals surface area contributed by atoms with Gasteiger partial charge < -0.3 is 19.5 Å². The Bertz CT molecular complexity index is 978. The second-order valence-corrected chi connectivity index (χ2v) is 8.01. The van der Waals surface area contributed by atoms with E-state index in [1.165, 1.54) is 26.5 Å². The highest BCUT2D eigenvalue weighted by molar-refractivity contribution is 5.92. The topological polar surface area (TPSA) is 90.9 Å². The average molecular weight is 440 g/mol. The van der Waals surface area contributed by atoms with E-state index in [9.17, 15) is 14.4 Å². The highest BCUT2D eigenvalue weighted by Gasteiger charge is 2.24. The Morgan fingerprint density at radius 2 is 1.69 bits per heavy atom. The number of methoxy groups -OCH3 is 1. The van der Waals surface area contributed by atoms with Crippen LogP contribution in [-0.2, 0) is 25.5 Å². The van der Waals surface area contributed by atoms with E-state index < -0.39 is 5.97 Å². The van der Waals surface area contributed by atoms with Crippen molar-refractivity contribution in [2.45, 2.75) is 58.0 Å². The number of benzene rings is 2. The molecule has 1 N–H and O–H groups in total. The number of carbonyl (C=O) groups is 3. The molecular weight excluding hydrogens is 410 g/mol. The van der Waals surface area contributed by atoms with Gasteiger partial charge in [0.25, 0.3) is 0 Å². The van der Waals surface area contributed by atoms with E-state index in [-0.39, 0.29) is 24.4 Å². The molecule has 1 saturated carbocycles. The number of ether oxygens (including phenoxy) is 3. The summed E-state index contributed by atoms with van der Waals surface area (Å²) in [5, 5.41) is 2.95. The standard InChI is InChI=1S/C25H29NO6/c1-16(27)31-22-10-8-19(9-11-22)20-5-4-6-21(15-20)26-25(29)14-18-7-12-23(32-17(2)28)24(13-18)30-3/h4-7,12-13,15,19,22H,8-11,14H2,1-3H3,(H,26,29)/t19-,22+. The van der Waals surface area contributed by atoms with Crippen LogP contribution in [0.3, 0.4) is 0 Å². The van der Waals surface area contributed by atoms with Crippen LogP contribution in [-0.4, -0.2) is 31.1 Å². The molecule has 7 nitrogen and oxygen atoms in total. The van der Waals surface area contributed by atoms with E-state index in [2.05, 4.69) is 11.4 Å². The van der Waals surface area contributed by atoms with Crippen LogP contribution >= 0.6 is 0 Å². The summed E-state index contributed by atoms with van der Waals surface area (Å²) in [4.78, 5) is 34.9. The monoisotopic (exact) mass is 439 g/mol. The molecule has 3 rings (SSSR count). The van der Waals surface area contributed by atoms with Crippen LogP contribution in [0.1, 0.15) is 56.6 Å². The molecule has 0 aromatic heterocycles. The van der Waals surface area contributed by atoms with Crippen molar-refractivity contribution in [3.8, 4) is 11.5 Å². The molecule has 170 valence electrons. The van der Waals surface area contributed by atoms with Gasteiger partial charge in [-0.3, -0.25) is 14.4 Å². The van der Waals surface area contributed by atoms with Crippen LogP contribution < -0.4 is 14.8 Å². The van der Waals surface area contributed by atoms with E-state index in [4.69, 9.17) is 14.2 Å². The molecule has 0 saturated heterocycles. The van der Waals surface area contributed by atoms with Crippen molar-refractivity contribution in [1.29, 1.82) is 0 Å². The predicted molar refractivity (Wildman–Crippen MR) is 120 cm³/mol. The molecule has 0 spiro atoms. The fraction of sp³-hybridized carbons (Fsp3) is 0.400. The molecule has 32 heavy (non-hydrogen) atoms. The fourth-order valence-electron chi connectivity index (χ4n) is 4.07. The Hall–Kier alpha value is -3.35. The zero-order valence-electron chi connectivity index (χ0n) is 18.7. The van der Waals surface area contributed by atoms with Gasteiger partial charge >= 0.3 is 11.9 Å². The van der Waals surface area contributed by atoms with Crippen molar-refractivity contribution >= 4 is 23.5 Å². The molecule has 2 aromatic rings. The van der Waals surface area contributed by atoms with Crippen molar-refractivity contribution in [3.63, 3.8) is 0 Å². The maximum absolute atomic E-state index is 12.6. The molecule has 0 heterocycles. The summed E-state index contributed by atoms with van der Waals surface area (Å²) in [5.41, 5.74) is 2.67. The van der Waals surface area contributed by atoms with Crippen LogP contribution in [0.2, 0.25) is 0 Å². The predicted octanol–water partition coefficient (Wildman–Crippen LogP) is 4.39. The minimum atomic E-state index is -0.437. The maximum Gasteiger partial charge on any atom is 0.308 e. The molecule has 2 aromatic carbocycles. The van der Waals surface area contributed by atoms with Gasteiger partial charge in [0.2, 0.25) is 5.91 Å². The molecule has 1 fully saturated rings. The lowest BCUT2D eigenvalue weighted by Gasteiger charge is -2.28. The summed E-state index contributed by atoms with van der Waals surface area (Å²) in [7, 11) is 1.48. The van der Waals surface area contributed by atoms with Crippen molar-refractivity contribution in [3.05, 3.63) is 53.6 Å². The lowest BCUT2D eigenvalue weighted by molar-refractivity contribution is -0.147. The maximum atomic E-state index is 12.6. The highest BCUT2D eigenvalue weighted by atomic mass is 16.6. The molecule has 1 aliphatic carbocycles. The molecule has 0 atom stereocenters. The van der Waals surface area contributed by atoms with Crippen molar-refractivity contribution < 1.29 is 28.6 Å². The Morgan fingerprint density at radius 1 is 0.938 bits per heavy atom. The van der Waals surface area contributed by atoms with Gasteiger partial charge in [-0.25, -0.2) is 0 Å². The zero-order chi connectivity index (χ0) is 23.1. The van der Waals surface area contributed by atoms with Gasteiger partial charge in [0.05, 0.1) is 13.5 Å². The smallest absolute Gasteiger partial charge is 0.308 e. The second kappa shape index (κ2) is 10.8. The first kappa shape index (κ1) is 23.3. The lowest BCUT2D eigenvalue weighted by atomic mass is 9.82. The van der Waals surface area contributed by atoms with Crippen LogP contribution in [0, 0.1) is 0 Å². The van der Waals surface area contributed by atoms with Gasteiger partial charge in [0.1, 0.15) is 6.10 Å². The largest absolute Gasteiger partial charge is 0.493 e. The first-order valence-corrected chi connectivity index (χ1v) is 10.8. The molecule has 0 unspecified atom stereocenters. The average Bonchev–Trinajstić information content (AvgIpc) is 2.74. The summed E-state index contributed by atoms with van der Waals surface area (Å²) in [6.07, 6.45) is 3.77. The summed E-state index contributed by atoms with van der Waals surface area (Å²) in [5.74, 6) is 0.294. The van der Waals surface area contributed by atoms with Gasteiger partial charge in [-0.1, -0.05) is 18.2 Å². The van der Waals surface area contributed by atoms with Gasteiger partial charge in [-0.2, -0.15) is 0 Å². The van der Waals surface area contributed by atoms with Crippen LogP contribution in [0.15, 0.2) is 42.5 Å². The number of esters is 2. The summed E-state index contributed by atoms with van der Waals surface area (Å²) in [6.45, 7) is 2.77. The molecule has 0 aliphatic heterocycles. The number of rotatable bonds is 7. The van der Waals surface area contributed by atoms with Crippen molar-refractivity contribution in [1.82, 2.24) is 0 Å². The molecule has 1 amide bonds. The number of hydrogen-bond donors (Lipinski definition) is 1. The summed E-state index contributed by atoms with van der Waals surface area (Å²) >= 11 is 0. The summed E-state index contributed by atoms with van der Waals surface area (Å²) in [6, 6.07) is 12.9. The Labute approximate surface area is 188 Å². The number of amides is 1. The summed E-state index contributed by atoms with van der Waals surface area (Å²) < 4.78 is 15.7. The van der Waals surface area contributed by atoms with E-state index in [1.807, 2.05) is 18.2 Å². The Morgan fingerprint density at radius 3 is 2.34 bits per heavy atom. The number of nitrogens with one attached hydrogen (secondary N) is 1. The van der Waals surface area contributed by atoms with E-state index in [0.29, 0.717) is 17.4 Å². The minimum absolute atomic E-state index is 0.0101. The SMILES string of the molecule is COc1cc(CC(=O)Nc2cccc([C@H]3CC[C@@H](OC(C)=O)CC3)c2)ccc1OC(C)=O. The fourth-order valence-corrected chi connectivity index (χ4v) is 4.07. The van der Waals surface area contributed by atoms with Gasteiger partial charge in [0.15, 0.2) is 11.5 Å². The van der Waals surface area contributed by atoms with E-state index in [1.54, 1.807) is 18.2 Å². The third-order valence-electron chi connectivity index (χ3n) is 5.50. The molecule has 7 heteroatoms. The van der Waals surface area contributed by atoms with E-state index >= 15 is 0 Å². The van der Waals surface area contributed by atoms with E-state index in [0.717, 1.165) is 36.9 Å². The van der Waals surface area contributed by atoms with Crippen molar-refractivity contribution in [2.75, 3.05) is 12.4 Å². The Kier molecular flexibility index (Phi) is 7.87. The van der Waals surface area contributed by atoms with Gasteiger partial charge in [-0.05, 0) is 67.0 Å². The quantitative estimate of drug-likeness (QED) is 0.508. The molecule has 1 aliphatic rings. The molecule has 0 radical (unpaired) electrons. The normalized spacial score (nSPS) is 17.8. The highest BCUT2D eigenvalue weighted by Crippen LogP contribution is 2.35. The third-order valence-corrected chi connectivity index (χ3v) is 5.50.